The van der Waals surface area contributed by atoms with E-state index in [1.165, 1.54) is 7.11 Å². The highest BCUT2D eigenvalue weighted by Gasteiger charge is 2.81. The van der Waals surface area contributed by atoms with E-state index in [2.05, 4.69) is 15.5 Å². The topological polar surface area (TPSA) is 87.7 Å². The molecular formula is C30H26ClN3O4. The van der Waals surface area contributed by atoms with Gasteiger partial charge in [0.15, 0.2) is 5.78 Å². The van der Waals surface area contributed by atoms with Gasteiger partial charge in [-0.1, -0.05) is 48.0 Å². The van der Waals surface area contributed by atoms with Crippen LogP contribution in [0.2, 0.25) is 5.02 Å². The molecule has 4 unspecified atom stereocenters. The van der Waals surface area contributed by atoms with Gasteiger partial charge in [0.25, 0.3) is 5.91 Å². The van der Waals surface area contributed by atoms with Crippen LogP contribution in [-0.2, 0) is 20.5 Å². The van der Waals surface area contributed by atoms with Gasteiger partial charge in [-0.3, -0.25) is 19.3 Å². The third-order valence-electron chi connectivity index (χ3n) is 9.12. The first-order valence-electron chi connectivity index (χ1n) is 12.8. The Morgan fingerprint density at radius 2 is 1.76 bits per heavy atom. The minimum absolute atomic E-state index is 0.199. The molecule has 0 bridgehead atoms. The average molecular weight is 528 g/mol. The van der Waals surface area contributed by atoms with Crippen LogP contribution in [0, 0.1) is 12.8 Å². The molecule has 0 aromatic heterocycles. The quantitative estimate of drug-likeness (QED) is 0.483. The maximum atomic E-state index is 14.7. The van der Waals surface area contributed by atoms with Crippen LogP contribution in [-0.4, -0.2) is 42.2 Å². The summed E-state index contributed by atoms with van der Waals surface area (Å²) in [5, 5.41) is 6.68. The van der Waals surface area contributed by atoms with Crippen molar-refractivity contribution in [1.82, 2.24) is 4.90 Å². The van der Waals surface area contributed by atoms with Crippen LogP contribution in [0.4, 0.5) is 11.4 Å². The van der Waals surface area contributed by atoms with Crippen molar-refractivity contribution in [2.24, 2.45) is 5.92 Å². The summed E-state index contributed by atoms with van der Waals surface area (Å²) in [7, 11) is 1.53. The van der Waals surface area contributed by atoms with Crippen molar-refractivity contribution in [2.45, 2.75) is 36.8 Å². The second-order valence-electron chi connectivity index (χ2n) is 10.5. The highest BCUT2D eigenvalue weighted by Crippen LogP contribution is 2.68. The van der Waals surface area contributed by atoms with Gasteiger partial charge in [-0.15, -0.1) is 0 Å². The lowest BCUT2D eigenvalue weighted by Crippen LogP contribution is -2.62. The summed E-state index contributed by atoms with van der Waals surface area (Å²) in [5.41, 5.74) is 0.845. The van der Waals surface area contributed by atoms with E-state index in [0.717, 1.165) is 12.0 Å². The van der Waals surface area contributed by atoms with E-state index in [0.29, 0.717) is 51.8 Å². The molecule has 8 heteroatoms. The summed E-state index contributed by atoms with van der Waals surface area (Å²) >= 11 is 6.49. The number of anilines is 2. The summed E-state index contributed by atoms with van der Waals surface area (Å²) in [6.07, 6.45) is 1.51. The molecule has 4 heterocycles. The molecule has 4 aliphatic heterocycles. The first-order valence-corrected chi connectivity index (χ1v) is 13.2. The monoisotopic (exact) mass is 527 g/mol. The number of halogens is 1. The highest BCUT2D eigenvalue weighted by atomic mass is 35.5. The number of hydrogen-bond donors (Lipinski definition) is 2. The Morgan fingerprint density at radius 1 is 1.00 bits per heavy atom. The molecule has 4 atom stereocenters. The summed E-state index contributed by atoms with van der Waals surface area (Å²) in [6, 6.07) is 17.9. The van der Waals surface area contributed by atoms with Crippen LogP contribution in [0.5, 0.6) is 5.75 Å². The van der Waals surface area contributed by atoms with E-state index >= 15 is 0 Å². The Labute approximate surface area is 225 Å². The first-order chi connectivity index (χ1) is 18.4. The number of carbonyl (C=O) groups excluding carboxylic acids is 3. The highest BCUT2D eigenvalue weighted by molar-refractivity contribution is 6.32. The number of carbonyl (C=O) groups is 3. The molecule has 38 heavy (non-hydrogen) atoms. The van der Waals surface area contributed by atoms with Gasteiger partial charge in [0.2, 0.25) is 5.91 Å². The van der Waals surface area contributed by atoms with Gasteiger partial charge in [-0.05, 0) is 61.7 Å². The van der Waals surface area contributed by atoms with E-state index in [1.807, 2.05) is 43.3 Å². The van der Waals surface area contributed by atoms with Gasteiger partial charge in [0, 0.05) is 22.3 Å². The standard InChI is InChI=1S/C30H26ClN3O4/c1-16-20(31)14-13-19-25(16)33-28(37)30(19)29(18-9-4-5-10-21(18)32-27(29)36)24(22-11-7-15-34(22)30)26(35)17-8-3-6-12-23(17)38-2/h3-6,8-10,12-14,22,24H,7,11,15H2,1-2H3,(H,32,36)(H,33,37). The maximum absolute atomic E-state index is 14.7. The summed E-state index contributed by atoms with van der Waals surface area (Å²) in [6.45, 7) is 2.45. The molecule has 3 aromatic rings. The SMILES string of the molecule is COc1ccccc1C(=O)C1C2CCCN2C2(C(=O)Nc3c2ccc(Cl)c3C)C12C(=O)Nc1ccccc12. The van der Waals surface area contributed by atoms with E-state index in [1.54, 1.807) is 24.3 Å². The molecule has 0 saturated carbocycles. The Balaban J connectivity index is 1.60. The van der Waals surface area contributed by atoms with Gasteiger partial charge in [-0.25, -0.2) is 0 Å². The minimum atomic E-state index is -1.50. The number of nitrogens with one attached hydrogen (secondary N) is 2. The van der Waals surface area contributed by atoms with Gasteiger partial charge in [0.1, 0.15) is 16.7 Å². The molecule has 4 aliphatic rings. The number of nitrogens with zero attached hydrogens (tertiary/aromatic N) is 1. The van der Waals surface area contributed by atoms with Crippen LogP contribution < -0.4 is 15.4 Å². The predicted octanol–water partition coefficient (Wildman–Crippen LogP) is 4.67. The van der Waals surface area contributed by atoms with Crippen LogP contribution in [0.3, 0.4) is 0 Å². The molecule has 2 amide bonds. The van der Waals surface area contributed by atoms with E-state index in [4.69, 9.17) is 16.3 Å². The second-order valence-corrected chi connectivity index (χ2v) is 10.9. The summed E-state index contributed by atoms with van der Waals surface area (Å²) in [5.74, 6) is -1.21. The van der Waals surface area contributed by atoms with Crippen molar-refractivity contribution in [3.05, 3.63) is 87.9 Å². The molecule has 192 valence electrons. The van der Waals surface area contributed by atoms with Crippen LogP contribution >= 0.6 is 11.6 Å². The molecule has 2 spiro atoms. The van der Waals surface area contributed by atoms with E-state index < -0.39 is 16.9 Å². The molecule has 2 fully saturated rings. The fraction of sp³-hybridized carbons (Fsp3) is 0.300. The lowest BCUT2D eigenvalue weighted by atomic mass is 9.57. The van der Waals surface area contributed by atoms with Crippen molar-refractivity contribution in [1.29, 1.82) is 0 Å². The van der Waals surface area contributed by atoms with Crippen molar-refractivity contribution < 1.29 is 19.1 Å². The normalized spacial score (nSPS) is 28.8. The van der Waals surface area contributed by atoms with Crippen molar-refractivity contribution in [3.8, 4) is 5.75 Å². The lowest BCUT2D eigenvalue weighted by molar-refractivity contribution is -0.137. The van der Waals surface area contributed by atoms with Crippen LogP contribution in [0.15, 0.2) is 60.7 Å². The Bertz CT molecular complexity index is 1570. The third kappa shape index (κ3) is 2.51. The number of para-hydroxylation sites is 2. The Morgan fingerprint density at radius 3 is 2.58 bits per heavy atom. The van der Waals surface area contributed by atoms with Crippen LogP contribution in [0.1, 0.15) is 39.9 Å². The Kier molecular flexibility index (Phi) is 4.88. The molecule has 7 rings (SSSR count). The third-order valence-corrected chi connectivity index (χ3v) is 9.53. The fourth-order valence-electron chi connectivity index (χ4n) is 7.78. The van der Waals surface area contributed by atoms with E-state index in [-0.39, 0.29) is 23.6 Å². The smallest absolute Gasteiger partial charge is 0.251 e. The molecule has 3 aromatic carbocycles. The van der Waals surface area contributed by atoms with Crippen molar-refractivity contribution in [2.75, 3.05) is 24.3 Å². The number of Topliss-reactive ketones (excluding diaryl/α,β-unsaturated/α-hetero) is 1. The Hall–Kier alpha value is -3.68. The fourth-order valence-corrected chi connectivity index (χ4v) is 7.94. The first kappa shape index (κ1) is 23.4. The number of fused-ring (bicyclic) bond motifs is 7. The number of benzene rings is 3. The zero-order valence-electron chi connectivity index (χ0n) is 21.0. The molecule has 7 nitrogen and oxygen atoms in total. The molecule has 0 radical (unpaired) electrons. The van der Waals surface area contributed by atoms with E-state index in [9.17, 15) is 14.4 Å². The summed E-state index contributed by atoms with van der Waals surface area (Å²) in [4.78, 5) is 45.9. The van der Waals surface area contributed by atoms with Crippen molar-refractivity contribution in [3.63, 3.8) is 0 Å². The van der Waals surface area contributed by atoms with Gasteiger partial charge >= 0.3 is 0 Å². The maximum Gasteiger partial charge on any atom is 0.251 e. The van der Waals surface area contributed by atoms with Gasteiger partial charge < -0.3 is 15.4 Å². The zero-order chi connectivity index (χ0) is 26.4. The zero-order valence-corrected chi connectivity index (χ0v) is 21.8. The number of ether oxygens (including phenoxy) is 1. The minimum Gasteiger partial charge on any atom is -0.496 e. The largest absolute Gasteiger partial charge is 0.496 e. The van der Waals surface area contributed by atoms with Crippen molar-refractivity contribution >= 4 is 40.6 Å². The van der Waals surface area contributed by atoms with Crippen LogP contribution in [0.25, 0.3) is 0 Å². The number of hydrogen-bond acceptors (Lipinski definition) is 5. The predicted molar refractivity (Wildman–Crippen MR) is 144 cm³/mol. The molecule has 0 aliphatic carbocycles. The van der Waals surface area contributed by atoms with Gasteiger partial charge in [0.05, 0.1) is 24.3 Å². The summed E-state index contributed by atoms with van der Waals surface area (Å²) < 4.78 is 5.58. The number of methoxy groups -OCH3 is 1. The second kappa shape index (κ2) is 7.91. The molecule has 2 saturated heterocycles. The molecule has 2 N–H and O–H groups in total. The number of ketones is 1. The number of amides is 2. The average Bonchev–Trinajstić information content (AvgIpc) is 3.65. The number of rotatable bonds is 3. The lowest BCUT2D eigenvalue weighted by Gasteiger charge is -2.43. The molecular weight excluding hydrogens is 502 g/mol. The van der Waals surface area contributed by atoms with Gasteiger partial charge in [-0.2, -0.15) is 0 Å².